The van der Waals surface area contributed by atoms with Gasteiger partial charge >= 0.3 is 17.9 Å². The monoisotopic (exact) mass is 616 g/mol. The first-order valence-corrected chi connectivity index (χ1v) is 14.2. The van der Waals surface area contributed by atoms with Crippen LogP contribution in [0.25, 0.3) is 17.2 Å². The van der Waals surface area contributed by atoms with Gasteiger partial charge in [-0.05, 0) is 24.6 Å². The Balaban J connectivity index is 1.58. The Morgan fingerprint density at radius 3 is 2.53 bits per heavy atom. The number of nitrogens with zero attached hydrogens (tertiary/aromatic N) is 2. The molecule has 234 valence electrons. The van der Waals surface area contributed by atoms with E-state index >= 15 is 0 Å². The number of carboxylic acids is 2. The molecule has 2 N–H and O–H groups in total. The first kappa shape index (κ1) is 30.9. The Morgan fingerprint density at radius 1 is 1.04 bits per heavy atom. The fraction of sp³-hybridized carbons (Fsp3) is 0.273. The summed E-state index contributed by atoms with van der Waals surface area (Å²) in [5.41, 5.74) is 2.66. The minimum Gasteiger partial charge on any atom is -0.496 e. The number of aromatic nitrogens is 2. The van der Waals surface area contributed by atoms with Gasteiger partial charge in [0.15, 0.2) is 11.5 Å². The predicted octanol–water partition coefficient (Wildman–Crippen LogP) is 5.81. The first-order valence-electron chi connectivity index (χ1n) is 14.2. The molecule has 12 nitrogen and oxygen atoms in total. The van der Waals surface area contributed by atoms with E-state index in [1.165, 1.54) is 38.8 Å². The summed E-state index contributed by atoms with van der Waals surface area (Å²) in [7, 11) is 2.92. The van der Waals surface area contributed by atoms with Gasteiger partial charge in [-0.15, -0.1) is 0 Å². The van der Waals surface area contributed by atoms with Gasteiger partial charge < -0.3 is 38.3 Å². The lowest BCUT2D eigenvalue weighted by atomic mass is 9.97. The molecule has 0 spiro atoms. The molecule has 1 aliphatic rings. The van der Waals surface area contributed by atoms with Crippen molar-refractivity contribution < 1.29 is 47.9 Å². The van der Waals surface area contributed by atoms with E-state index in [9.17, 15) is 19.8 Å². The van der Waals surface area contributed by atoms with Crippen molar-refractivity contribution >= 4 is 18.0 Å². The maximum atomic E-state index is 12.6. The van der Waals surface area contributed by atoms with Gasteiger partial charge in [0.05, 0.1) is 31.6 Å². The van der Waals surface area contributed by atoms with E-state index in [4.69, 9.17) is 28.1 Å². The molecule has 2 aromatic carbocycles. The third kappa shape index (κ3) is 6.85. The summed E-state index contributed by atoms with van der Waals surface area (Å²) >= 11 is 0. The lowest BCUT2D eigenvalue weighted by molar-refractivity contribution is -0.132. The van der Waals surface area contributed by atoms with E-state index in [1.807, 2.05) is 0 Å². The largest absolute Gasteiger partial charge is 0.496 e. The number of aryl methyl sites for hydroxylation is 1. The van der Waals surface area contributed by atoms with Crippen LogP contribution in [0.15, 0.2) is 58.8 Å². The highest BCUT2D eigenvalue weighted by Crippen LogP contribution is 2.41. The fourth-order valence-electron chi connectivity index (χ4n) is 4.95. The van der Waals surface area contributed by atoms with Crippen LogP contribution in [0.2, 0.25) is 0 Å². The molecule has 0 amide bonds. The molecule has 12 heteroatoms. The zero-order valence-electron chi connectivity index (χ0n) is 25.0. The van der Waals surface area contributed by atoms with Gasteiger partial charge in [0.2, 0.25) is 12.7 Å². The topological polar surface area (TPSA) is 160 Å². The second-order valence-electron chi connectivity index (χ2n) is 10.1. The SMILES string of the molecule is CCCCc1occ(C=C(Cc2cc3c(cc2OC)OCO3)C(=O)O)c1-c1cnc(OC)nc1OCc1ccccc1C(=O)O. The van der Waals surface area contributed by atoms with Gasteiger partial charge in [0, 0.05) is 52.9 Å². The summed E-state index contributed by atoms with van der Waals surface area (Å²) in [6.45, 7) is 2.02. The summed E-state index contributed by atoms with van der Waals surface area (Å²) in [5, 5.41) is 19.9. The number of benzene rings is 2. The zero-order valence-corrected chi connectivity index (χ0v) is 25.0. The molecule has 0 atom stereocenters. The van der Waals surface area contributed by atoms with Crippen molar-refractivity contribution in [2.24, 2.45) is 0 Å². The molecule has 0 saturated carbocycles. The van der Waals surface area contributed by atoms with E-state index in [2.05, 4.69) is 16.9 Å². The van der Waals surface area contributed by atoms with E-state index in [0.29, 0.717) is 57.2 Å². The lowest BCUT2D eigenvalue weighted by Crippen LogP contribution is -2.07. The minimum absolute atomic E-state index is 0.0124. The van der Waals surface area contributed by atoms with E-state index in [1.54, 1.807) is 30.3 Å². The van der Waals surface area contributed by atoms with Gasteiger partial charge in [0.25, 0.3) is 0 Å². The molecule has 0 unspecified atom stereocenters. The molecule has 5 rings (SSSR count). The van der Waals surface area contributed by atoms with Crippen LogP contribution < -0.4 is 23.7 Å². The number of hydrogen-bond acceptors (Lipinski definition) is 10. The van der Waals surface area contributed by atoms with E-state index < -0.39 is 11.9 Å². The van der Waals surface area contributed by atoms with Gasteiger partial charge in [-0.25, -0.2) is 14.6 Å². The van der Waals surface area contributed by atoms with Gasteiger partial charge in [-0.1, -0.05) is 31.5 Å². The van der Waals surface area contributed by atoms with Crippen LogP contribution >= 0.6 is 0 Å². The predicted molar refractivity (Wildman–Crippen MR) is 161 cm³/mol. The Bertz CT molecular complexity index is 1740. The molecule has 1 aliphatic heterocycles. The highest BCUT2D eigenvalue weighted by molar-refractivity contribution is 5.95. The third-order valence-corrected chi connectivity index (χ3v) is 7.21. The Hall–Kier alpha value is -5.52. The number of carbonyl (C=O) groups is 2. The first-order chi connectivity index (χ1) is 21.8. The molecule has 2 aromatic heterocycles. The van der Waals surface area contributed by atoms with Crippen LogP contribution in [-0.2, 0) is 24.2 Å². The number of aromatic carboxylic acids is 1. The number of methoxy groups -OCH3 is 2. The summed E-state index contributed by atoms with van der Waals surface area (Å²) in [6, 6.07) is 9.92. The fourth-order valence-corrected chi connectivity index (χ4v) is 4.95. The molecule has 45 heavy (non-hydrogen) atoms. The van der Waals surface area contributed by atoms with Crippen LogP contribution in [-0.4, -0.2) is 53.1 Å². The summed E-state index contributed by atoms with van der Waals surface area (Å²) in [6.07, 6.45) is 6.82. The smallest absolute Gasteiger partial charge is 0.336 e. The molecule has 3 heterocycles. The number of ether oxygens (including phenoxy) is 5. The van der Waals surface area contributed by atoms with Crippen molar-refractivity contribution in [2.75, 3.05) is 21.0 Å². The third-order valence-electron chi connectivity index (χ3n) is 7.21. The maximum Gasteiger partial charge on any atom is 0.336 e. The van der Waals surface area contributed by atoms with Crippen LogP contribution in [0.4, 0.5) is 0 Å². The Morgan fingerprint density at radius 2 is 1.82 bits per heavy atom. The van der Waals surface area contributed by atoms with E-state index in [-0.39, 0.29) is 42.8 Å². The average Bonchev–Trinajstić information content (AvgIpc) is 3.68. The molecule has 0 aliphatic carbocycles. The van der Waals surface area contributed by atoms with Gasteiger partial charge in [-0.2, -0.15) is 4.98 Å². The van der Waals surface area contributed by atoms with Crippen LogP contribution in [0.1, 0.15) is 52.6 Å². The quantitative estimate of drug-likeness (QED) is 0.164. The molecule has 0 fully saturated rings. The zero-order chi connectivity index (χ0) is 31.9. The minimum atomic E-state index is -1.13. The molecule has 4 aromatic rings. The van der Waals surface area contributed by atoms with E-state index in [0.717, 1.165) is 12.8 Å². The van der Waals surface area contributed by atoms with Crippen molar-refractivity contribution in [1.29, 1.82) is 0 Å². The van der Waals surface area contributed by atoms with Gasteiger partial charge in [-0.3, -0.25) is 0 Å². The Kier molecular flexibility index (Phi) is 9.51. The van der Waals surface area contributed by atoms with Crippen molar-refractivity contribution in [3.8, 4) is 40.3 Å². The highest BCUT2D eigenvalue weighted by atomic mass is 16.7. The molecular weight excluding hydrogens is 584 g/mol. The summed E-state index contributed by atoms with van der Waals surface area (Å²) in [4.78, 5) is 33.0. The van der Waals surface area contributed by atoms with Crippen molar-refractivity contribution in [1.82, 2.24) is 9.97 Å². The number of hydrogen-bond donors (Lipinski definition) is 2. The van der Waals surface area contributed by atoms with Crippen molar-refractivity contribution in [3.63, 3.8) is 0 Å². The number of unbranched alkanes of at least 4 members (excludes halogenated alkanes) is 1. The number of aliphatic carboxylic acids is 1. The average molecular weight is 617 g/mol. The number of fused-ring (bicyclic) bond motifs is 1. The van der Waals surface area contributed by atoms with Crippen LogP contribution in [0.3, 0.4) is 0 Å². The Labute approximate surface area is 258 Å². The van der Waals surface area contributed by atoms with Crippen molar-refractivity contribution in [2.45, 2.75) is 39.2 Å². The number of furan rings is 1. The maximum absolute atomic E-state index is 12.6. The summed E-state index contributed by atoms with van der Waals surface area (Å²) < 4.78 is 33.8. The second kappa shape index (κ2) is 13.8. The van der Waals surface area contributed by atoms with Crippen molar-refractivity contribution in [3.05, 3.63) is 82.4 Å². The normalized spacial score (nSPS) is 12.2. The van der Waals surface area contributed by atoms with Gasteiger partial charge in [0.1, 0.15) is 18.1 Å². The molecule has 0 radical (unpaired) electrons. The standard InChI is InChI=1S/C33H32N2O10/c1-4-5-10-25-29(24-15-34-33(41-3)35-30(24)43-16-19-8-6-7-9-23(19)32(38)39)22(17-42-25)12-21(31(36)37)11-20-13-27-28(45-18-44-27)14-26(20)40-2/h6-9,12-15,17H,4-5,10-11,16,18H2,1-3H3,(H,36,37)(H,38,39). The molecule has 0 saturated heterocycles. The number of rotatable bonds is 14. The number of carboxylic acid groups (broad SMARTS) is 2. The van der Waals surface area contributed by atoms with Crippen LogP contribution in [0, 0.1) is 0 Å². The molecule has 0 bridgehead atoms. The highest BCUT2D eigenvalue weighted by Gasteiger charge is 2.24. The summed E-state index contributed by atoms with van der Waals surface area (Å²) in [5.74, 6) is -0.0227. The van der Waals surface area contributed by atoms with Crippen LogP contribution in [0.5, 0.6) is 29.1 Å². The lowest BCUT2D eigenvalue weighted by Gasteiger charge is -2.14. The molecular formula is C33H32N2O10. The second-order valence-corrected chi connectivity index (χ2v) is 10.1.